The molecule has 0 saturated carbocycles. The summed E-state index contributed by atoms with van der Waals surface area (Å²) in [5, 5.41) is 0. The number of nitrogens with zero attached hydrogens (tertiary/aromatic N) is 1. The summed E-state index contributed by atoms with van der Waals surface area (Å²) in [6.07, 6.45) is 0.875. The fourth-order valence-corrected chi connectivity index (χ4v) is 0.149. The minimum atomic E-state index is 0.528. The summed E-state index contributed by atoms with van der Waals surface area (Å²) in [7, 11) is 3.71. The van der Waals surface area contributed by atoms with Crippen molar-refractivity contribution in [1.82, 2.24) is 4.90 Å². The van der Waals surface area contributed by atoms with E-state index in [-0.39, 0.29) is 0 Å². The van der Waals surface area contributed by atoms with Gasteiger partial charge in [0.1, 0.15) is 6.29 Å². The van der Waals surface area contributed by atoms with Gasteiger partial charge in [-0.2, -0.15) is 0 Å². The molecule has 0 spiro atoms. The molecule has 0 amide bonds. The van der Waals surface area contributed by atoms with E-state index in [1.54, 1.807) is 0 Å². The van der Waals surface area contributed by atoms with Crippen molar-refractivity contribution < 1.29 is 4.79 Å². The Balaban J connectivity index is 2.81. The van der Waals surface area contributed by atoms with Gasteiger partial charge in [0.05, 0.1) is 6.54 Å². The first kappa shape index (κ1) is 5.63. The van der Waals surface area contributed by atoms with Gasteiger partial charge in [0.2, 0.25) is 0 Å². The molecule has 0 atom stereocenters. The smallest absolute Gasteiger partial charge is 0.133 e. The number of aldehydes is 1. The van der Waals surface area contributed by atoms with Gasteiger partial charge in [-0.3, -0.25) is 0 Å². The van der Waals surface area contributed by atoms with Crippen LogP contribution in [0.15, 0.2) is 0 Å². The second-order valence-electron chi connectivity index (χ2n) is 1.43. The molecule has 0 aromatic heterocycles. The van der Waals surface area contributed by atoms with Crippen molar-refractivity contribution in [1.29, 1.82) is 0 Å². The zero-order valence-corrected chi connectivity index (χ0v) is 4.14. The molecule has 0 aromatic carbocycles. The van der Waals surface area contributed by atoms with Crippen molar-refractivity contribution in [2.45, 2.75) is 0 Å². The molecule has 0 fully saturated rings. The second-order valence-corrected chi connectivity index (χ2v) is 1.43. The maximum absolute atomic E-state index is 9.57. The summed E-state index contributed by atoms with van der Waals surface area (Å²) in [6, 6.07) is 0. The molecule has 0 aromatic rings. The van der Waals surface area contributed by atoms with Crippen LogP contribution < -0.4 is 0 Å². The van der Waals surface area contributed by atoms with Crippen LogP contribution in [0.1, 0.15) is 0 Å². The van der Waals surface area contributed by atoms with Crippen molar-refractivity contribution >= 4 is 6.29 Å². The van der Waals surface area contributed by atoms with Gasteiger partial charge in [-0.05, 0) is 14.1 Å². The summed E-state index contributed by atoms with van der Waals surface area (Å²) in [5.74, 6) is 0. The SMILES string of the molecule is C[15N](C)C[13CH]=[18O]. The van der Waals surface area contributed by atoms with Gasteiger partial charge in [0.25, 0.3) is 0 Å². The van der Waals surface area contributed by atoms with E-state index in [2.05, 4.69) is 0 Å². The molecule has 2 heteroatoms. The highest BCUT2D eigenvalue weighted by molar-refractivity contribution is 5.51. The van der Waals surface area contributed by atoms with Gasteiger partial charge in [0, 0.05) is 0 Å². The van der Waals surface area contributed by atoms with Crippen LogP contribution in [0.3, 0.4) is 0 Å². The van der Waals surface area contributed by atoms with Crippen LogP contribution in [0.25, 0.3) is 0 Å². The van der Waals surface area contributed by atoms with E-state index in [0.717, 1.165) is 6.29 Å². The van der Waals surface area contributed by atoms with Crippen LogP contribution >= 0.6 is 0 Å². The van der Waals surface area contributed by atoms with Gasteiger partial charge < -0.3 is 9.69 Å². The van der Waals surface area contributed by atoms with E-state index >= 15 is 0 Å². The second kappa shape index (κ2) is 2.85. The Kier molecular flexibility index (Phi) is 2.67. The molecule has 0 aliphatic rings. The van der Waals surface area contributed by atoms with E-state index in [1.165, 1.54) is 0 Å². The first-order valence-electron chi connectivity index (χ1n) is 1.85. The Labute approximate surface area is 37.8 Å². The van der Waals surface area contributed by atoms with Crippen LogP contribution in [0.4, 0.5) is 0 Å². The highest BCUT2D eigenvalue weighted by atomic mass is 18.1. The van der Waals surface area contributed by atoms with Crippen LogP contribution in [0, 0.1) is 0 Å². The lowest BCUT2D eigenvalue weighted by Crippen LogP contribution is -2.13. The van der Waals surface area contributed by atoms with Gasteiger partial charge in [0.15, 0.2) is 0 Å². The number of likely N-dealkylation sites (N-methyl/N-ethyl adjacent to an activating group) is 1. The third-order valence-electron chi connectivity index (χ3n) is 0.440. The predicted octanol–water partition coefficient (Wildman–Crippen LogP) is -0.253. The topological polar surface area (TPSA) is 20.3 Å². The quantitative estimate of drug-likeness (QED) is 0.202. The lowest BCUT2D eigenvalue weighted by molar-refractivity contribution is -0.108. The summed E-state index contributed by atoms with van der Waals surface area (Å²) >= 11 is 0. The third-order valence-corrected chi connectivity index (χ3v) is 0.440. The largest absolute Gasteiger partial charge is 0.303 e. The standard InChI is InChI=1S/C4H9NO/c1-5(2)3-4-6/h4H,3H2,1-2H3/i4+1,5+1,6+2. The summed E-state index contributed by atoms with van der Waals surface area (Å²) < 4.78 is 0. The van der Waals surface area contributed by atoms with Gasteiger partial charge in [-0.15, -0.1) is 0 Å². The Bertz CT molecular complexity index is 42.8. The Morgan fingerprint density at radius 3 is 2.17 bits per heavy atom. The van der Waals surface area contributed by atoms with Crippen molar-refractivity contribution in [3.8, 4) is 0 Å². The molecule has 0 aliphatic carbocycles. The van der Waals surface area contributed by atoms with E-state index in [0.29, 0.717) is 6.54 Å². The first-order chi connectivity index (χ1) is 2.77. The van der Waals surface area contributed by atoms with Crippen LogP contribution in [0.2, 0.25) is 0 Å². The average Bonchev–Trinajstić information content (AvgIpc) is 1.35. The fourth-order valence-electron chi connectivity index (χ4n) is 0.149. The molecule has 2 nitrogen and oxygen atoms in total. The van der Waals surface area contributed by atoms with E-state index in [9.17, 15) is 4.79 Å². The number of carbonyl (C=O) groups is 1. The molecule has 0 bridgehead atoms. The predicted molar refractivity (Wildman–Crippen MR) is 24.6 cm³/mol. The minimum Gasteiger partial charge on any atom is -0.303 e. The minimum absolute atomic E-state index is 0.528. The zero-order chi connectivity index (χ0) is 4.99. The molecule has 0 aliphatic heterocycles. The van der Waals surface area contributed by atoms with Crippen LogP contribution in [-0.4, -0.2) is 31.8 Å². The van der Waals surface area contributed by atoms with Crippen LogP contribution in [0.5, 0.6) is 0 Å². The summed E-state index contributed by atoms with van der Waals surface area (Å²) in [4.78, 5) is 11.4. The molecular formula is C4H9NO. The number of rotatable bonds is 2. The van der Waals surface area contributed by atoms with Crippen molar-refractivity contribution in [2.24, 2.45) is 0 Å². The maximum atomic E-state index is 9.57. The highest BCUT2D eigenvalue weighted by Gasteiger charge is 1.79. The lowest BCUT2D eigenvalue weighted by Gasteiger charge is -1.99. The molecule has 0 N–H and O–H groups in total. The van der Waals surface area contributed by atoms with E-state index in [1.807, 2.05) is 19.0 Å². The molecule has 0 radical (unpaired) electrons. The summed E-state index contributed by atoms with van der Waals surface area (Å²) in [5.41, 5.74) is 0. The van der Waals surface area contributed by atoms with Crippen LogP contribution in [-0.2, 0) is 4.79 Å². The maximum Gasteiger partial charge on any atom is 0.133 e. The zero-order valence-electron chi connectivity index (χ0n) is 4.14. The molecule has 0 unspecified atom stereocenters. The molecule has 0 rings (SSSR count). The van der Waals surface area contributed by atoms with Gasteiger partial charge in [-0.25, -0.2) is 0 Å². The Hall–Kier alpha value is -0.370. The average molecular weight is 91.1 g/mol. The van der Waals surface area contributed by atoms with E-state index < -0.39 is 0 Å². The van der Waals surface area contributed by atoms with Gasteiger partial charge >= 0.3 is 0 Å². The molecule has 0 saturated heterocycles. The Morgan fingerprint density at radius 1 is 1.67 bits per heavy atom. The fraction of sp³-hybridized carbons (Fsp3) is 0.750. The first-order valence-corrected chi connectivity index (χ1v) is 1.85. The van der Waals surface area contributed by atoms with Crippen molar-refractivity contribution in [3.63, 3.8) is 0 Å². The van der Waals surface area contributed by atoms with Gasteiger partial charge in [-0.1, -0.05) is 0 Å². The number of hydrogen-bond acceptors (Lipinski definition) is 2. The Morgan fingerprint density at radius 2 is 2.17 bits per heavy atom. The van der Waals surface area contributed by atoms with E-state index in [4.69, 9.17) is 0 Å². The third kappa shape index (κ3) is 3.63. The molecule has 0 heterocycles. The monoisotopic (exact) mass is 91.1 g/mol. The van der Waals surface area contributed by atoms with Crippen molar-refractivity contribution in [3.05, 3.63) is 0 Å². The lowest BCUT2D eigenvalue weighted by atomic mass is 11.0. The molecule has 36 valence electrons. The molecular weight excluding hydrogens is 82.0 g/mol. The number of carbonyl (C=O) groups excluding carboxylic acids is 1. The van der Waals surface area contributed by atoms with Crippen molar-refractivity contribution in [2.75, 3.05) is 20.6 Å². The molecule has 6 heavy (non-hydrogen) atoms. The number of hydrogen-bond donors (Lipinski definition) is 0. The normalized spacial score (nSPS) is 9.17. The highest BCUT2D eigenvalue weighted by Crippen LogP contribution is 1.62. The summed E-state index contributed by atoms with van der Waals surface area (Å²) in [6.45, 7) is 0.528.